The minimum atomic E-state index is -0.140. The molecule has 2 aromatic rings. The number of benzene rings is 2. The molecule has 3 rings (SSSR count). The minimum absolute atomic E-state index is 0.137. The van der Waals surface area contributed by atoms with Crippen LogP contribution in [0.1, 0.15) is 28.8 Å². The van der Waals surface area contributed by atoms with Crippen molar-refractivity contribution in [1.29, 1.82) is 0 Å². The quantitative estimate of drug-likeness (QED) is 0.702. The maximum atomic E-state index is 12.6. The molecular weight excluding hydrogens is 396 g/mol. The molecule has 7 nitrogen and oxygen atoms in total. The van der Waals surface area contributed by atoms with Crippen molar-refractivity contribution in [2.24, 2.45) is 5.92 Å². The summed E-state index contributed by atoms with van der Waals surface area (Å²) in [5, 5.41) is 3.00. The predicted octanol–water partition coefficient (Wildman–Crippen LogP) is 2.92. The van der Waals surface area contributed by atoms with Crippen molar-refractivity contribution in [3.63, 3.8) is 0 Å². The first-order valence-electron chi connectivity index (χ1n) is 10.4. The van der Waals surface area contributed by atoms with Gasteiger partial charge in [0, 0.05) is 25.2 Å². The van der Waals surface area contributed by atoms with Crippen LogP contribution in [0.4, 0.5) is 0 Å². The van der Waals surface area contributed by atoms with E-state index in [1.165, 1.54) is 0 Å². The van der Waals surface area contributed by atoms with Crippen LogP contribution in [0.2, 0.25) is 0 Å². The number of nitrogens with one attached hydrogen (secondary N) is 1. The summed E-state index contributed by atoms with van der Waals surface area (Å²) in [4.78, 5) is 27.0. The van der Waals surface area contributed by atoms with Crippen LogP contribution in [0.3, 0.4) is 0 Å². The normalized spacial score (nSPS) is 14.1. The Morgan fingerprint density at radius 1 is 0.935 bits per heavy atom. The molecule has 0 spiro atoms. The van der Waals surface area contributed by atoms with Gasteiger partial charge < -0.3 is 24.4 Å². The van der Waals surface area contributed by atoms with E-state index in [9.17, 15) is 9.59 Å². The van der Waals surface area contributed by atoms with Crippen LogP contribution in [-0.2, 0) is 11.2 Å². The standard InChI is InChI=1S/C24H30N2O5/c1-29-20-7-4-17(5-8-20)14-23(27)26-12-10-18(11-13-26)16-25-24(28)19-6-9-21(30-2)22(15-19)31-3/h4-9,15,18H,10-14,16H2,1-3H3,(H,25,28). The van der Waals surface area contributed by atoms with Crippen molar-refractivity contribution in [1.82, 2.24) is 10.2 Å². The zero-order valence-corrected chi connectivity index (χ0v) is 18.3. The molecule has 1 aliphatic rings. The molecule has 0 aliphatic carbocycles. The Kier molecular flexibility index (Phi) is 7.76. The Morgan fingerprint density at radius 3 is 2.23 bits per heavy atom. The summed E-state index contributed by atoms with van der Waals surface area (Å²) >= 11 is 0. The van der Waals surface area contributed by atoms with Crippen LogP contribution in [-0.4, -0.2) is 57.7 Å². The Bertz CT molecular complexity index is 889. The van der Waals surface area contributed by atoms with Gasteiger partial charge in [0.05, 0.1) is 27.8 Å². The molecule has 7 heteroatoms. The molecule has 0 atom stereocenters. The van der Waals surface area contributed by atoms with E-state index in [2.05, 4.69) is 5.32 Å². The fourth-order valence-electron chi connectivity index (χ4n) is 3.73. The second-order valence-electron chi connectivity index (χ2n) is 7.63. The van der Waals surface area contributed by atoms with E-state index < -0.39 is 0 Å². The molecule has 0 bridgehead atoms. The number of piperidine rings is 1. The molecule has 0 radical (unpaired) electrons. The molecule has 1 fully saturated rings. The number of carbonyl (C=O) groups excluding carboxylic acids is 2. The van der Waals surface area contributed by atoms with Crippen molar-refractivity contribution in [2.75, 3.05) is 41.0 Å². The summed E-state index contributed by atoms with van der Waals surface area (Å²) in [7, 11) is 4.73. The molecule has 1 heterocycles. The molecule has 0 aromatic heterocycles. The number of amides is 2. The summed E-state index contributed by atoms with van der Waals surface area (Å²) in [6, 6.07) is 12.7. The maximum Gasteiger partial charge on any atom is 0.251 e. The third kappa shape index (κ3) is 5.90. The summed E-state index contributed by atoms with van der Waals surface area (Å²) in [5.74, 6) is 2.25. The highest BCUT2D eigenvalue weighted by atomic mass is 16.5. The number of ether oxygens (including phenoxy) is 3. The van der Waals surface area contributed by atoms with Crippen LogP contribution in [0, 0.1) is 5.92 Å². The highest BCUT2D eigenvalue weighted by molar-refractivity contribution is 5.94. The highest BCUT2D eigenvalue weighted by Crippen LogP contribution is 2.27. The molecule has 31 heavy (non-hydrogen) atoms. The van der Waals surface area contributed by atoms with Gasteiger partial charge in [-0.05, 0) is 54.7 Å². The van der Waals surface area contributed by atoms with Crippen molar-refractivity contribution in [3.05, 3.63) is 53.6 Å². The van der Waals surface area contributed by atoms with E-state index >= 15 is 0 Å². The van der Waals surface area contributed by atoms with Crippen LogP contribution >= 0.6 is 0 Å². The number of likely N-dealkylation sites (tertiary alicyclic amines) is 1. The van der Waals surface area contributed by atoms with E-state index in [0.29, 0.717) is 49.0 Å². The lowest BCUT2D eigenvalue weighted by atomic mass is 9.96. The van der Waals surface area contributed by atoms with E-state index in [1.54, 1.807) is 39.5 Å². The predicted molar refractivity (Wildman–Crippen MR) is 118 cm³/mol. The van der Waals surface area contributed by atoms with Gasteiger partial charge in [0.2, 0.25) is 5.91 Å². The number of nitrogens with zero attached hydrogens (tertiary/aromatic N) is 1. The van der Waals surface area contributed by atoms with Crippen molar-refractivity contribution >= 4 is 11.8 Å². The topological polar surface area (TPSA) is 77.1 Å². The largest absolute Gasteiger partial charge is 0.497 e. The lowest BCUT2D eigenvalue weighted by molar-refractivity contribution is -0.131. The van der Waals surface area contributed by atoms with E-state index in [-0.39, 0.29) is 11.8 Å². The fraction of sp³-hybridized carbons (Fsp3) is 0.417. The molecular formula is C24H30N2O5. The van der Waals surface area contributed by atoms with Gasteiger partial charge in [-0.2, -0.15) is 0 Å². The van der Waals surface area contributed by atoms with Gasteiger partial charge in [-0.3, -0.25) is 9.59 Å². The Hall–Kier alpha value is -3.22. The number of rotatable bonds is 8. The Morgan fingerprint density at radius 2 is 1.61 bits per heavy atom. The smallest absolute Gasteiger partial charge is 0.251 e. The zero-order valence-electron chi connectivity index (χ0n) is 18.3. The van der Waals surface area contributed by atoms with Gasteiger partial charge >= 0.3 is 0 Å². The molecule has 2 aromatic carbocycles. The summed E-state index contributed by atoms with van der Waals surface area (Å²) in [6.07, 6.45) is 2.14. The van der Waals surface area contributed by atoms with Gasteiger partial charge in [0.1, 0.15) is 5.75 Å². The summed E-state index contributed by atoms with van der Waals surface area (Å²) in [5.41, 5.74) is 1.51. The average Bonchev–Trinajstić information content (AvgIpc) is 2.82. The molecule has 0 saturated carbocycles. The fourth-order valence-corrected chi connectivity index (χ4v) is 3.73. The summed E-state index contributed by atoms with van der Waals surface area (Å²) in [6.45, 7) is 2.02. The monoisotopic (exact) mass is 426 g/mol. The number of carbonyl (C=O) groups is 2. The first-order chi connectivity index (χ1) is 15.0. The second kappa shape index (κ2) is 10.7. The van der Waals surface area contributed by atoms with Crippen LogP contribution in [0.25, 0.3) is 0 Å². The van der Waals surface area contributed by atoms with Gasteiger partial charge in [-0.1, -0.05) is 12.1 Å². The van der Waals surface area contributed by atoms with Crippen LogP contribution in [0.5, 0.6) is 17.2 Å². The van der Waals surface area contributed by atoms with Gasteiger partial charge in [0.15, 0.2) is 11.5 Å². The maximum absolute atomic E-state index is 12.6. The van der Waals surface area contributed by atoms with Crippen molar-refractivity contribution in [2.45, 2.75) is 19.3 Å². The zero-order chi connectivity index (χ0) is 22.2. The number of hydrogen-bond donors (Lipinski definition) is 1. The summed E-state index contributed by atoms with van der Waals surface area (Å²) < 4.78 is 15.6. The lowest BCUT2D eigenvalue weighted by Gasteiger charge is -2.32. The van der Waals surface area contributed by atoms with E-state index in [4.69, 9.17) is 14.2 Å². The third-order valence-corrected chi connectivity index (χ3v) is 5.68. The molecule has 1 saturated heterocycles. The van der Waals surface area contributed by atoms with Crippen molar-refractivity contribution < 1.29 is 23.8 Å². The van der Waals surface area contributed by atoms with Gasteiger partial charge in [-0.15, -0.1) is 0 Å². The molecule has 2 amide bonds. The first-order valence-corrected chi connectivity index (χ1v) is 10.4. The van der Waals surface area contributed by atoms with Crippen molar-refractivity contribution in [3.8, 4) is 17.2 Å². The Labute approximate surface area is 183 Å². The molecule has 0 unspecified atom stereocenters. The SMILES string of the molecule is COc1ccc(CC(=O)N2CCC(CNC(=O)c3ccc(OC)c(OC)c3)CC2)cc1. The second-order valence-corrected chi connectivity index (χ2v) is 7.63. The van der Waals surface area contributed by atoms with Gasteiger partial charge in [-0.25, -0.2) is 0 Å². The molecule has 1 N–H and O–H groups in total. The lowest BCUT2D eigenvalue weighted by Crippen LogP contribution is -2.42. The van der Waals surface area contributed by atoms with Gasteiger partial charge in [0.25, 0.3) is 5.91 Å². The first kappa shape index (κ1) is 22.5. The van der Waals surface area contributed by atoms with Crippen LogP contribution < -0.4 is 19.5 Å². The average molecular weight is 427 g/mol. The van der Waals surface area contributed by atoms with E-state index in [1.807, 2.05) is 29.2 Å². The van der Waals surface area contributed by atoms with Crippen LogP contribution in [0.15, 0.2) is 42.5 Å². The third-order valence-electron chi connectivity index (χ3n) is 5.68. The number of methoxy groups -OCH3 is 3. The molecule has 166 valence electrons. The Balaban J connectivity index is 1.44. The minimum Gasteiger partial charge on any atom is -0.497 e. The highest BCUT2D eigenvalue weighted by Gasteiger charge is 2.23. The molecule has 1 aliphatic heterocycles. The number of hydrogen-bond acceptors (Lipinski definition) is 5. The van der Waals surface area contributed by atoms with E-state index in [0.717, 1.165) is 24.2 Å².